The molecule has 0 spiro atoms. The van der Waals surface area contributed by atoms with Crippen molar-refractivity contribution < 1.29 is 0 Å². The molecule has 0 saturated carbocycles. The Morgan fingerprint density at radius 2 is 0.900 bits per heavy atom. The fraction of sp³-hybridized carbons (Fsp3) is 0.172. The zero-order valence-electron chi connectivity index (χ0n) is 35.5. The van der Waals surface area contributed by atoms with E-state index < -0.39 is 0 Å². The van der Waals surface area contributed by atoms with Crippen molar-refractivity contribution in [1.29, 1.82) is 0 Å². The third-order valence-corrected chi connectivity index (χ3v) is 14.8. The molecule has 8 aromatic carbocycles. The van der Waals surface area contributed by atoms with Crippen molar-refractivity contribution >= 4 is 48.6 Å². The molecule has 11 rings (SSSR count). The summed E-state index contributed by atoms with van der Waals surface area (Å²) in [5, 5.41) is 2.66. The molecule has 60 heavy (non-hydrogen) atoms. The third kappa shape index (κ3) is 5.65. The molecule has 0 amide bonds. The van der Waals surface area contributed by atoms with Gasteiger partial charge in [-0.3, -0.25) is 0 Å². The molecule has 2 heteroatoms. The van der Waals surface area contributed by atoms with E-state index in [1.54, 1.807) is 0 Å². The molecule has 0 unspecified atom stereocenters. The van der Waals surface area contributed by atoms with E-state index >= 15 is 0 Å². The molecule has 1 nitrogen and oxygen atoms in total. The summed E-state index contributed by atoms with van der Waals surface area (Å²) in [5.41, 5.74) is 20.7. The maximum atomic E-state index is 2.45. The first kappa shape index (κ1) is 36.8. The molecular weight excluding hydrogens is 743 g/mol. The van der Waals surface area contributed by atoms with Gasteiger partial charge in [-0.05, 0) is 132 Å². The Morgan fingerprint density at radius 3 is 1.62 bits per heavy atom. The monoisotopic (exact) mass is 791 g/mol. The number of rotatable bonds is 5. The summed E-state index contributed by atoms with van der Waals surface area (Å²) in [5.74, 6) is 0. The van der Waals surface area contributed by atoms with Crippen LogP contribution in [-0.4, -0.2) is 0 Å². The van der Waals surface area contributed by atoms with Crippen LogP contribution < -0.4 is 4.90 Å². The second-order valence-corrected chi connectivity index (χ2v) is 20.1. The zero-order chi connectivity index (χ0) is 41.1. The lowest BCUT2D eigenvalue weighted by molar-refractivity contribution is 0.584. The topological polar surface area (TPSA) is 3.24 Å². The fourth-order valence-corrected chi connectivity index (χ4v) is 11.3. The van der Waals surface area contributed by atoms with E-state index in [4.69, 9.17) is 0 Å². The van der Waals surface area contributed by atoms with Crippen molar-refractivity contribution in [1.82, 2.24) is 0 Å². The Morgan fingerprint density at radius 1 is 0.383 bits per heavy atom. The predicted octanol–water partition coefficient (Wildman–Crippen LogP) is 16.8. The first-order chi connectivity index (χ1) is 28.9. The van der Waals surface area contributed by atoms with E-state index in [9.17, 15) is 0 Å². The van der Waals surface area contributed by atoms with Crippen LogP contribution in [0.3, 0.4) is 0 Å². The second-order valence-electron chi connectivity index (χ2n) is 19.0. The number of anilines is 3. The molecule has 2 aliphatic carbocycles. The van der Waals surface area contributed by atoms with Gasteiger partial charge < -0.3 is 4.90 Å². The summed E-state index contributed by atoms with van der Waals surface area (Å²) >= 11 is 1.87. The van der Waals surface area contributed by atoms with Gasteiger partial charge in [-0.1, -0.05) is 164 Å². The molecule has 0 bridgehead atoms. The summed E-state index contributed by atoms with van der Waals surface area (Å²) in [7, 11) is 0. The first-order valence-corrected chi connectivity index (χ1v) is 22.1. The van der Waals surface area contributed by atoms with Gasteiger partial charge in [0, 0.05) is 48.1 Å². The van der Waals surface area contributed by atoms with Crippen molar-refractivity contribution in [3.63, 3.8) is 0 Å². The van der Waals surface area contributed by atoms with Crippen LogP contribution in [0.4, 0.5) is 17.1 Å². The van der Waals surface area contributed by atoms with Gasteiger partial charge in [0.1, 0.15) is 0 Å². The summed E-state index contributed by atoms with van der Waals surface area (Å²) in [6.07, 6.45) is 0. The van der Waals surface area contributed by atoms with Crippen LogP contribution in [0, 0.1) is 0 Å². The molecule has 1 aromatic heterocycles. The van der Waals surface area contributed by atoms with Gasteiger partial charge in [-0.2, -0.15) is 0 Å². The van der Waals surface area contributed by atoms with Gasteiger partial charge in [-0.25, -0.2) is 0 Å². The highest BCUT2D eigenvalue weighted by Crippen LogP contribution is 2.52. The third-order valence-electron chi connectivity index (χ3n) is 13.7. The van der Waals surface area contributed by atoms with Crippen LogP contribution in [0.15, 0.2) is 170 Å². The molecule has 2 aliphatic rings. The Labute approximate surface area is 358 Å². The van der Waals surface area contributed by atoms with Gasteiger partial charge in [0.2, 0.25) is 0 Å². The minimum atomic E-state index is -0.0956. The fourth-order valence-electron chi connectivity index (χ4n) is 10.2. The predicted molar refractivity (Wildman–Crippen MR) is 259 cm³/mol. The van der Waals surface area contributed by atoms with Gasteiger partial charge in [-0.15, -0.1) is 11.3 Å². The van der Waals surface area contributed by atoms with Crippen molar-refractivity contribution in [2.75, 3.05) is 4.90 Å². The number of hydrogen-bond acceptors (Lipinski definition) is 2. The molecule has 0 saturated heterocycles. The smallest absolute Gasteiger partial charge is 0.0465 e. The normalized spacial score (nSPS) is 14.5. The first-order valence-electron chi connectivity index (χ1n) is 21.3. The highest BCUT2D eigenvalue weighted by Gasteiger charge is 2.37. The standard InChI is InChI=1S/C58H49NS/c1-56(2,3)40-22-29-46-49-32-38(21-31-51(49)58(6,7)52(46)34-40)36-16-23-41(24-17-36)59(43-27-30-45-44-12-8-10-14-50(44)57(4,5)53(45)35-43)42-25-18-37(19-26-42)39-20-28-48-47-13-9-11-15-54(47)60-55(48)33-39/h8-35H,1-7H3. The van der Waals surface area contributed by atoms with E-state index in [0.29, 0.717) is 0 Å². The molecule has 9 aromatic rings. The van der Waals surface area contributed by atoms with E-state index in [1.165, 1.54) is 92.5 Å². The number of hydrogen-bond donors (Lipinski definition) is 0. The summed E-state index contributed by atoms with van der Waals surface area (Å²) < 4.78 is 2.66. The number of fused-ring (bicyclic) bond motifs is 9. The quantitative estimate of drug-likeness (QED) is 0.168. The molecule has 0 atom stereocenters. The van der Waals surface area contributed by atoms with Crippen LogP contribution in [0.5, 0.6) is 0 Å². The van der Waals surface area contributed by atoms with Gasteiger partial charge in [0.25, 0.3) is 0 Å². The van der Waals surface area contributed by atoms with E-state index in [0.717, 1.165) is 17.1 Å². The highest BCUT2D eigenvalue weighted by molar-refractivity contribution is 7.25. The Bertz CT molecular complexity index is 3170. The lowest BCUT2D eigenvalue weighted by Crippen LogP contribution is -2.17. The van der Waals surface area contributed by atoms with E-state index in [1.807, 2.05) is 11.3 Å². The molecular formula is C58H49NS. The second kappa shape index (κ2) is 13.1. The average Bonchev–Trinajstić information content (AvgIpc) is 3.82. The van der Waals surface area contributed by atoms with Crippen LogP contribution in [0.1, 0.15) is 76.3 Å². The Hall–Kier alpha value is -6.22. The van der Waals surface area contributed by atoms with Crippen molar-refractivity contribution in [3.05, 3.63) is 198 Å². The number of benzene rings is 8. The Balaban J connectivity index is 0.980. The highest BCUT2D eigenvalue weighted by atomic mass is 32.1. The summed E-state index contributed by atoms with van der Waals surface area (Å²) in [6.45, 7) is 16.4. The van der Waals surface area contributed by atoms with Crippen LogP contribution in [0.25, 0.3) is 64.7 Å². The summed E-state index contributed by atoms with van der Waals surface area (Å²) in [4.78, 5) is 2.43. The van der Waals surface area contributed by atoms with E-state index in [2.05, 4.69) is 223 Å². The molecule has 1 heterocycles. The van der Waals surface area contributed by atoms with E-state index in [-0.39, 0.29) is 16.2 Å². The van der Waals surface area contributed by atoms with Crippen molar-refractivity contribution in [2.24, 2.45) is 0 Å². The van der Waals surface area contributed by atoms with Gasteiger partial charge >= 0.3 is 0 Å². The van der Waals surface area contributed by atoms with Crippen LogP contribution >= 0.6 is 11.3 Å². The average molecular weight is 792 g/mol. The van der Waals surface area contributed by atoms with Crippen LogP contribution in [0.2, 0.25) is 0 Å². The molecule has 292 valence electrons. The molecule has 0 N–H and O–H groups in total. The van der Waals surface area contributed by atoms with Crippen molar-refractivity contribution in [2.45, 2.75) is 64.7 Å². The van der Waals surface area contributed by atoms with Crippen LogP contribution in [-0.2, 0) is 16.2 Å². The minimum absolute atomic E-state index is 0.0402. The molecule has 0 fully saturated rings. The lowest BCUT2D eigenvalue weighted by Gasteiger charge is -2.28. The molecule has 0 radical (unpaired) electrons. The summed E-state index contributed by atoms with van der Waals surface area (Å²) in [6, 6.07) is 64.2. The minimum Gasteiger partial charge on any atom is -0.310 e. The zero-order valence-corrected chi connectivity index (χ0v) is 36.3. The lowest BCUT2D eigenvalue weighted by atomic mass is 9.79. The largest absolute Gasteiger partial charge is 0.310 e. The van der Waals surface area contributed by atoms with Gasteiger partial charge in [0.15, 0.2) is 0 Å². The maximum absolute atomic E-state index is 2.45. The number of thiophene rings is 1. The SMILES string of the molecule is CC(C)(C)c1ccc2c(c1)C(C)(C)c1ccc(-c3ccc(N(c4ccc(-c5ccc6c(c5)sc5ccccc56)cc4)c4ccc5c(c4)C(C)(C)c4ccccc4-5)cc3)cc1-2. The van der Waals surface area contributed by atoms with Gasteiger partial charge in [0.05, 0.1) is 0 Å². The molecule has 0 aliphatic heterocycles. The maximum Gasteiger partial charge on any atom is 0.0465 e. The number of nitrogens with zero attached hydrogens (tertiary/aromatic N) is 1. The Kier molecular flexibility index (Phi) is 8.07. The van der Waals surface area contributed by atoms with Crippen molar-refractivity contribution in [3.8, 4) is 44.5 Å².